The molecule has 0 radical (unpaired) electrons. The molecular formula is C10H7BrINO2. The monoisotopic (exact) mass is 379 g/mol. The van der Waals surface area contributed by atoms with Gasteiger partial charge in [0.1, 0.15) is 6.07 Å². The summed E-state index contributed by atoms with van der Waals surface area (Å²) in [6.07, 6.45) is 0.219. The largest absolute Gasteiger partial charge is 0.469 e. The van der Waals surface area contributed by atoms with Crippen LogP contribution in [0.25, 0.3) is 0 Å². The van der Waals surface area contributed by atoms with Gasteiger partial charge >= 0.3 is 5.97 Å². The van der Waals surface area contributed by atoms with E-state index in [9.17, 15) is 4.79 Å². The molecule has 15 heavy (non-hydrogen) atoms. The summed E-state index contributed by atoms with van der Waals surface area (Å²) >= 11 is 5.36. The fraction of sp³-hybridized carbons (Fsp3) is 0.200. The molecule has 5 heteroatoms. The summed E-state index contributed by atoms with van der Waals surface area (Å²) in [6, 6.07) is 5.66. The molecule has 0 aliphatic carbocycles. The average molecular weight is 380 g/mol. The molecule has 0 bridgehead atoms. The van der Waals surface area contributed by atoms with Gasteiger partial charge in [-0.1, -0.05) is 0 Å². The van der Waals surface area contributed by atoms with Crippen molar-refractivity contribution < 1.29 is 9.53 Å². The highest BCUT2D eigenvalue weighted by atomic mass is 127. The highest BCUT2D eigenvalue weighted by molar-refractivity contribution is 14.1. The number of rotatable bonds is 2. The first kappa shape index (κ1) is 12.5. The molecular weight excluding hydrogens is 373 g/mol. The number of halogens is 2. The lowest BCUT2D eigenvalue weighted by atomic mass is 10.1. The smallest absolute Gasteiger partial charge is 0.309 e. The predicted octanol–water partition coefficient (Wildman–Crippen LogP) is 2.64. The number of carbonyl (C=O) groups excluding carboxylic acids is 1. The topological polar surface area (TPSA) is 50.1 Å². The van der Waals surface area contributed by atoms with Crippen molar-refractivity contribution >= 4 is 44.5 Å². The summed E-state index contributed by atoms with van der Waals surface area (Å²) in [5, 5.41) is 8.84. The van der Waals surface area contributed by atoms with Crippen LogP contribution in [0, 0.1) is 14.9 Å². The third kappa shape index (κ3) is 3.18. The quantitative estimate of drug-likeness (QED) is 0.586. The Morgan fingerprint density at radius 2 is 2.33 bits per heavy atom. The standard InChI is InChI=1S/C10H7BrINO2/c1-15-10(14)4-6-2-8(11)7(5-13)9(12)3-6/h2-3H,4H2,1H3. The third-order valence-electron chi connectivity index (χ3n) is 1.79. The lowest BCUT2D eigenvalue weighted by Gasteiger charge is -2.04. The molecule has 1 rings (SSSR count). The number of nitrogens with zero attached hydrogens (tertiary/aromatic N) is 1. The maximum atomic E-state index is 11.1. The van der Waals surface area contributed by atoms with Crippen LogP contribution in [0.4, 0.5) is 0 Å². The number of carbonyl (C=O) groups is 1. The molecule has 0 amide bonds. The van der Waals surface area contributed by atoms with Gasteiger partial charge in [0.2, 0.25) is 0 Å². The van der Waals surface area contributed by atoms with Gasteiger partial charge in [0.05, 0.1) is 19.1 Å². The van der Waals surface area contributed by atoms with E-state index in [-0.39, 0.29) is 12.4 Å². The SMILES string of the molecule is COC(=O)Cc1cc(Br)c(C#N)c(I)c1. The minimum absolute atomic E-state index is 0.219. The van der Waals surface area contributed by atoms with Crippen molar-refractivity contribution in [2.75, 3.05) is 7.11 Å². The first-order chi connectivity index (χ1) is 7.08. The summed E-state index contributed by atoms with van der Waals surface area (Å²) in [4.78, 5) is 11.1. The molecule has 0 aromatic heterocycles. The van der Waals surface area contributed by atoms with E-state index in [1.165, 1.54) is 7.11 Å². The van der Waals surface area contributed by atoms with Crippen LogP contribution in [-0.2, 0) is 16.0 Å². The molecule has 0 fully saturated rings. The lowest BCUT2D eigenvalue weighted by Crippen LogP contribution is -2.05. The fourth-order valence-electron chi connectivity index (χ4n) is 1.07. The minimum atomic E-state index is -0.289. The zero-order valence-electron chi connectivity index (χ0n) is 7.88. The molecule has 0 aliphatic rings. The van der Waals surface area contributed by atoms with Gasteiger partial charge in [-0.2, -0.15) is 5.26 Å². The van der Waals surface area contributed by atoms with Crippen molar-refractivity contribution in [2.45, 2.75) is 6.42 Å². The Labute approximate surface area is 110 Å². The Bertz CT molecular complexity index is 417. The Balaban J connectivity index is 3.05. The molecule has 0 unspecified atom stereocenters. The zero-order valence-corrected chi connectivity index (χ0v) is 11.6. The van der Waals surface area contributed by atoms with Crippen LogP contribution < -0.4 is 0 Å². The Morgan fingerprint density at radius 1 is 1.67 bits per heavy atom. The second-order valence-corrected chi connectivity index (χ2v) is 4.82. The van der Waals surface area contributed by atoms with Crippen LogP contribution in [0.2, 0.25) is 0 Å². The molecule has 0 saturated heterocycles. The van der Waals surface area contributed by atoms with Crippen LogP contribution >= 0.6 is 38.5 Å². The molecule has 0 heterocycles. The normalized spacial score (nSPS) is 9.47. The van der Waals surface area contributed by atoms with E-state index in [2.05, 4.69) is 49.3 Å². The summed E-state index contributed by atoms with van der Waals surface area (Å²) in [6.45, 7) is 0. The fourth-order valence-corrected chi connectivity index (χ4v) is 2.85. The van der Waals surface area contributed by atoms with Crippen LogP contribution in [0.15, 0.2) is 16.6 Å². The van der Waals surface area contributed by atoms with E-state index in [1.807, 2.05) is 0 Å². The zero-order chi connectivity index (χ0) is 11.4. The summed E-state index contributed by atoms with van der Waals surface area (Å²) in [5.74, 6) is -0.289. The van der Waals surface area contributed by atoms with Gasteiger partial charge in [-0.25, -0.2) is 0 Å². The maximum Gasteiger partial charge on any atom is 0.309 e. The van der Waals surface area contributed by atoms with Crippen molar-refractivity contribution in [1.29, 1.82) is 5.26 Å². The number of esters is 1. The van der Waals surface area contributed by atoms with Crippen molar-refractivity contribution in [3.63, 3.8) is 0 Å². The summed E-state index contributed by atoms with van der Waals surface area (Å²) in [7, 11) is 1.35. The van der Waals surface area contributed by atoms with Gasteiger partial charge in [-0.15, -0.1) is 0 Å². The Kier molecular flexibility index (Phi) is 4.54. The van der Waals surface area contributed by atoms with Gasteiger partial charge in [-0.3, -0.25) is 4.79 Å². The van der Waals surface area contributed by atoms with E-state index in [4.69, 9.17) is 5.26 Å². The van der Waals surface area contributed by atoms with Crippen molar-refractivity contribution in [3.05, 3.63) is 31.3 Å². The van der Waals surface area contributed by atoms with Crippen LogP contribution in [0.5, 0.6) is 0 Å². The summed E-state index contributed by atoms with van der Waals surface area (Å²) < 4.78 is 6.10. The number of benzene rings is 1. The molecule has 0 saturated carbocycles. The number of hydrogen-bond donors (Lipinski definition) is 0. The Hall–Kier alpha value is -0.610. The van der Waals surface area contributed by atoms with Crippen LogP contribution in [0.3, 0.4) is 0 Å². The number of ether oxygens (including phenoxy) is 1. The first-order valence-electron chi connectivity index (χ1n) is 4.03. The van der Waals surface area contributed by atoms with Gasteiger partial charge in [-0.05, 0) is 56.2 Å². The number of nitriles is 1. The molecule has 1 aromatic rings. The lowest BCUT2D eigenvalue weighted by molar-refractivity contribution is -0.139. The second-order valence-electron chi connectivity index (χ2n) is 2.80. The van der Waals surface area contributed by atoms with Crippen molar-refractivity contribution in [1.82, 2.24) is 0 Å². The van der Waals surface area contributed by atoms with Crippen LogP contribution in [0.1, 0.15) is 11.1 Å². The van der Waals surface area contributed by atoms with Gasteiger partial charge in [0, 0.05) is 8.04 Å². The third-order valence-corrected chi connectivity index (χ3v) is 3.27. The molecule has 0 aliphatic heterocycles. The number of methoxy groups -OCH3 is 1. The van der Waals surface area contributed by atoms with E-state index in [0.717, 1.165) is 9.13 Å². The second kappa shape index (κ2) is 5.47. The van der Waals surface area contributed by atoms with E-state index < -0.39 is 0 Å². The maximum absolute atomic E-state index is 11.1. The van der Waals surface area contributed by atoms with E-state index >= 15 is 0 Å². The minimum Gasteiger partial charge on any atom is -0.469 e. The van der Waals surface area contributed by atoms with E-state index in [1.54, 1.807) is 12.1 Å². The average Bonchev–Trinajstić information content (AvgIpc) is 2.17. The highest BCUT2D eigenvalue weighted by Gasteiger charge is 2.09. The molecule has 0 N–H and O–H groups in total. The molecule has 78 valence electrons. The van der Waals surface area contributed by atoms with Crippen molar-refractivity contribution in [2.24, 2.45) is 0 Å². The highest BCUT2D eigenvalue weighted by Crippen LogP contribution is 2.24. The van der Waals surface area contributed by atoms with Gasteiger partial charge in [0.25, 0.3) is 0 Å². The van der Waals surface area contributed by atoms with Gasteiger partial charge < -0.3 is 4.74 Å². The van der Waals surface area contributed by atoms with Gasteiger partial charge in [0.15, 0.2) is 0 Å². The predicted molar refractivity (Wildman–Crippen MR) is 67.3 cm³/mol. The number of hydrogen-bond acceptors (Lipinski definition) is 3. The van der Waals surface area contributed by atoms with Crippen LogP contribution in [-0.4, -0.2) is 13.1 Å². The molecule has 0 atom stereocenters. The molecule has 0 spiro atoms. The Morgan fingerprint density at radius 3 is 2.80 bits per heavy atom. The van der Waals surface area contributed by atoms with Crippen molar-refractivity contribution in [3.8, 4) is 6.07 Å². The summed E-state index contributed by atoms with van der Waals surface area (Å²) in [5.41, 5.74) is 1.42. The molecule has 1 aromatic carbocycles. The molecule has 3 nitrogen and oxygen atoms in total. The first-order valence-corrected chi connectivity index (χ1v) is 5.90. The van der Waals surface area contributed by atoms with E-state index in [0.29, 0.717) is 10.0 Å².